The van der Waals surface area contributed by atoms with E-state index < -0.39 is 5.60 Å². The molecule has 7 heteroatoms. The molecule has 0 bridgehead atoms. The number of carbonyl (C=O) groups excluding carboxylic acids is 1. The summed E-state index contributed by atoms with van der Waals surface area (Å²) in [6.45, 7) is 16.0. The van der Waals surface area contributed by atoms with Crippen LogP contribution in [-0.2, 0) is 16.1 Å². The maximum Gasteiger partial charge on any atom is 0.306 e. The van der Waals surface area contributed by atoms with E-state index in [1.54, 1.807) is 22.8 Å². The van der Waals surface area contributed by atoms with Crippen molar-refractivity contribution in [3.63, 3.8) is 0 Å². The number of benzene rings is 1. The largest absolute Gasteiger partial charge is 0.460 e. The summed E-state index contributed by atoms with van der Waals surface area (Å²) in [6, 6.07) is 5.22. The van der Waals surface area contributed by atoms with E-state index >= 15 is 0 Å². The molecule has 0 atom stereocenters. The van der Waals surface area contributed by atoms with Crippen LogP contribution in [0.1, 0.15) is 40.0 Å². The van der Waals surface area contributed by atoms with Crippen LogP contribution in [0.2, 0.25) is 0 Å². The van der Waals surface area contributed by atoms with E-state index in [-0.39, 0.29) is 11.5 Å². The Labute approximate surface area is 171 Å². The normalized spacial score (nSPS) is 15.9. The smallest absolute Gasteiger partial charge is 0.306 e. The van der Waals surface area contributed by atoms with Gasteiger partial charge in [-0.05, 0) is 64.8 Å². The van der Waals surface area contributed by atoms with Crippen LogP contribution in [0.25, 0.3) is 15.9 Å². The summed E-state index contributed by atoms with van der Waals surface area (Å²) < 4.78 is 7.13. The summed E-state index contributed by atoms with van der Waals surface area (Å²) in [5, 5.41) is 0. The number of likely N-dealkylation sites (tertiary alicyclic amines) is 1. The predicted octanol–water partition coefficient (Wildman–Crippen LogP) is 3.39. The van der Waals surface area contributed by atoms with Gasteiger partial charge < -0.3 is 14.2 Å². The average molecular weight is 396 g/mol. The number of hydrogen-bond donors (Lipinski definition) is 0. The fourth-order valence-electron chi connectivity index (χ4n) is 3.73. The van der Waals surface area contributed by atoms with Gasteiger partial charge in [-0.2, -0.15) is 0 Å². The molecule has 1 aromatic carbocycles. The first-order valence-corrected chi connectivity index (χ1v) is 10.1. The van der Waals surface area contributed by atoms with Crippen molar-refractivity contribution in [2.75, 3.05) is 19.6 Å². The van der Waals surface area contributed by atoms with Gasteiger partial charge in [0, 0.05) is 19.5 Å². The van der Waals surface area contributed by atoms with Crippen molar-refractivity contribution >= 4 is 22.7 Å². The molecule has 0 radical (unpaired) electrons. The molecule has 2 heterocycles. The molecule has 1 saturated heterocycles. The van der Waals surface area contributed by atoms with Gasteiger partial charge in [0.05, 0.1) is 23.8 Å². The molecular formula is C22H28N4O3. The van der Waals surface area contributed by atoms with Gasteiger partial charge in [0.1, 0.15) is 5.60 Å². The predicted molar refractivity (Wildman–Crippen MR) is 112 cm³/mol. The summed E-state index contributed by atoms with van der Waals surface area (Å²) in [7, 11) is 0. The molecule has 1 aliphatic heterocycles. The number of esters is 1. The lowest BCUT2D eigenvalue weighted by atomic mass is 9.93. The highest BCUT2D eigenvalue weighted by Gasteiger charge is 2.24. The van der Waals surface area contributed by atoms with E-state index in [0.29, 0.717) is 35.6 Å². The van der Waals surface area contributed by atoms with E-state index in [1.807, 2.05) is 20.8 Å². The zero-order chi connectivity index (χ0) is 21.0. The molecule has 1 aromatic heterocycles. The number of ether oxygens (including phenoxy) is 1. The van der Waals surface area contributed by atoms with E-state index in [9.17, 15) is 9.59 Å². The summed E-state index contributed by atoms with van der Waals surface area (Å²) in [6.07, 6.45) is 3.71. The molecule has 1 fully saturated rings. The quantitative estimate of drug-likeness (QED) is 0.572. The van der Waals surface area contributed by atoms with Gasteiger partial charge in [-0.15, -0.1) is 0 Å². The zero-order valence-electron chi connectivity index (χ0n) is 17.4. The molecule has 0 N–H and O–H groups in total. The Kier molecular flexibility index (Phi) is 6.33. The Balaban J connectivity index is 1.57. The zero-order valence-corrected chi connectivity index (χ0v) is 17.4. The van der Waals surface area contributed by atoms with Gasteiger partial charge in [-0.3, -0.25) is 9.59 Å². The number of hydrogen-bond acceptors (Lipinski definition) is 5. The Bertz CT molecular complexity index is 976. The van der Waals surface area contributed by atoms with Gasteiger partial charge in [0.2, 0.25) is 0 Å². The van der Waals surface area contributed by atoms with Crippen LogP contribution in [-0.4, -0.2) is 45.7 Å². The Morgan fingerprint density at radius 3 is 2.66 bits per heavy atom. The molecule has 0 amide bonds. The second-order valence-corrected chi connectivity index (χ2v) is 8.61. The van der Waals surface area contributed by atoms with E-state index in [1.165, 1.54) is 6.20 Å². The van der Waals surface area contributed by atoms with Crippen molar-refractivity contribution in [3.05, 3.63) is 46.2 Å². The summed E-state index contributed by atoms with van der Waals surface area (Å²) >= 11 is 0. The Hall–Kier alpha value is -2.72. The lowest BCUT2D eigenvalue weighted by Crippen LogP contribution is -2.38. The molecule has 1 aliphatic rings. The van der Waals surface area contributed by atoms with Crippen molar-refractivity contribution in [1.82, 2.24) is 14.5 Å². The van der Waals surface area contributed by atoms with Gasteiger partial charge in [0.15, 0.2) is 5.69 Å². The highest BCUT2D eigenvalue weighted by molar-refractivity contribution is 5.79. The van der Waals surface area contributed by atoms with E-state index in [0.717, 1.165) is 32.5 Å². The number of piperidine rings is 1. The van der Waals surface area contributed by atoms with Crippen molar-refractivity contribution in [2.45, 2.75) is 52.2 Å². The van der Waals surface area contributed by atoms with Crippen molar-refractivity contribution in [2.24, 2.45) is 5.92 Å². The minimum Gasteiger partial charge on any atom is -0.460 e. The van der Waals surface area contributed by atoms with Crippen LogP contribution >= 0.6 is 0 Å². The van der Waals surface area contributed by atoms with Crippen molar-refractivity contribution in [3.8, 4) is 0 Å². The first kappa shape index (κ1) is 21.0. The standard InChI is InChI=1S/C22H28N4O3/c1-22(2,3)29-21(28)13-16-7-9-25(10-8-16)11-12-26-19-14-17(23-4)5-6-18(19)24-15-20(26)27/h5-6,14-16H,7-13H2,1-3H3. The Morgan fingerprint density at radius 1 is 1.28 bits per heavy atom. The monoisotopic (exact) mass is 396 g/mol. The molecule has 0 saturated carbocycles. The first-order chi connectivity index (χ1) is 13.7. The molecule has 154 valence electrons. The minimum absolute atomic E-state index is 0.124. The van der Waals surface area contributed by atoms with Crippen LogP contribution in [0.15, 0.2) is 29.2 Å². The number of fused-ring (bicyclic) bond motifs is 1. The summed E-state index contributed by atoms with van der Waals surface area (Å²) in [5.74, 6) is 0.230. The van der Waals surface area contributed by atoms with Crippen LogP contribution in [0.5, 0.6) is 0 Å². The molecule has 0 aliphatic carbocycles. The average Bonchev–Trinajstić information content (AvgIpc) is 2.66. The van der Waals surface area contributed by atoms with Crippen LogP contribution < -0.4 is 5.56 Å². The van der Waals surface area contributed by atoms with Crippen LogP contribution in [0.4, 0.5) is 5.69 Å². The van der Waals surface area contributed by atoms with Crippen molar-refractivity contribution in [1.29, 1.82) is 0 Å². The third-order valence-electron chi connectivity index (χ3n) is 5.18. The number of aromatic nitrogens is 2. The number of rotatable bonds is 5. The minimum atomic E-state index is -0.439. The highest BCUT2D eigenvalue weighted by Crippen LogP contribution is 2.23. The first-order valence-electron chi connectivity index (χ1n) is 10.1. The lowest BCUT2D eigenvalue weighted by molar-refractivity contribution is -0.156. The third-order valence-corrected chi connectivity index (χ3v) is 5.18. The maximum absolute atomic E-state index is 12.3. The van der Waals surface area contributed by atoms with Gasteiger partial charge in [-0.25, -0.2) is 9.83 Å². The number of nitrogens with zero attached hydrogens (tertiary/aromatic N) is 4. The molecule has 29 heavy (non-hydrogen) atoms. The van der Waals surface area contributed by atoms with E-state index in [4.69, 9.17) is 11.3 Å². The van der Waals surface area contributed by atoms with Crippen LogP contribution in [0.3, 0.4) is 0 Å². The fourth-order valence-corrected chi connectivity index (χ4v) is 3.73. The fraction of sp³-hybridized carbons (Fsp3) is 0.545. The van der Waals surface area contributed by atoms with Gasteiger partial charge in [-0.1, -0.05) is 6.07 Å². The molecule has 3 rings (SSSR count). The SMILES string of the molecule is [C-]#[N+]c1ccc2ncc(=O)n(CCN3CCC(CC(=O)OC(C)(C)C)CC3)c2c1. The second-order valence-electron chi connectivity index (χ2n) is 8.61. The topological polar surface area (TPSA) is 68.8 Å². The molecular weight excluding hydrogens is 368 g/mol. The number of carbonyl (C=O) groups is 1. The maximum atomic E-state index is 12.3. The molecule has 0 unspecified atom stereocenters. The molecule has 0 spiro atoms. The molecule has 2 aromatic rings. The van der Waals surface area contributed by atoms with E-state index in [2.05, 4.69) is 14.7 Å². The van der Waals surface area contributed by atoms with Crippen molar-refractivity contribution < 1.29 is 9.53 Å². The summed E-state index contributed by atoms with van der Waals surface area (Å²) in [5.41, 5.74) is 1.32. The van der Waals surface area contributed by atoms with Crippen LogP contribution in [0, 0.1) is 12.5 Å². The third kappa shape index (κ3) is 5.64. The lowest BCUT2D eigenvalue weighted by Gasteiger charge is -2.32. The molecule has 7 nitrogen and oxygen atoms in total. The second kappa shape index (κ2) is 8.75. The Morgan fingerprint density at radius 2 is 2.00 bits per heavy atom. The van der Waals surface area contributed by atoms with Gasteiger partial charge >= 0.3 is 5.97 Å². The highest BCUT2D eigenvalue weighted by atomic mass is 16.6. The van der Waals surface area contributed by atoms with Gasteiger partial charge in [0.25, 0.3) is 5.56 Å². The summed E-state index contributed by atoms with van der Waals surface area (Å²) in [4.78, 5) is 34.3.